The van der Waals surface area contributed by atoms with Crippen LogP contribution in [0.3, 0.4) is 0 Å². The van der Waals surface area contributed by atoms with Crippen LogP contribution in [0.15, 0.2) is 156 Å². The fourth-order valence-corrected chi connectivity index (χ4v) is 29.0. The highest BCUT2D eigenvalue weighted by molar-refractivity contribution is 7.37. The summed E-state index contributed by atoms with van der Waals surface area (Å²) in [5.41, 5.74) is 17.1. The third kappa shape index (κ3) is 15.0. The Morgan fingerprint density at radius 2 is 0.592 bits per heavy atom. The largest absolute Gasteiger partial charge is 0.289 e. The van der Waals surface area contributed by atoms with Gasteiger partial charge in [-0.05, 0) is 186 Å². The lowest BCUT2D eigenvalue weighted by atomic mass is 9.67. The van der Waals surface area contributed by atoms with E-state index in [0.29, 0.717) is 5.56 Å². The van der Waals surface area contributed by atoms with Crippen LogP contribution in [0.5, 0.6) is 0 Å². The van der Waals surface area contributed by atoms with E-state index in [1.165, 1.54) is 193 Å². The van der Waals surface area contributed by atoms with Crippen LogP contribution < -0.4 is 0 Å². The topological polar surface area (TPSA) is 129 Å². The van der Waals surface area contributed by atoms with Crippen molar-refractivity contribution < 1.29 is 18.4 Å². The fraction of sp³-hybridized carbons (Fsp3) is 0.358. The van der Waals surface area contributed by atoms with E-state index in [1.54, 1.807) is 22.7 Å². The third-order valence-corrected chi connectivity index (χ3v) is 33.7. The average molecular weight is 1690 g/mol. The van der Waals surface area contributed by atoms with Crippen LogP contribution in [0.1, 0.15) is 315 Å². The Morgan fingerprint density at radius 3 is 0.908 bits per heavy atom. The molecule has 12 aromatic rings. The van der Waals surface area contributed by atoms with Gasteiger partial charge in [-0.25, -0.2) is 8.78 Å². The summed E-state index contributed by atoms with van der Waals surface area (Å²) >= 11 is 11.1. The maximum Gasteiger partial charge on any atom is 0.194 e. The van der Waals surface area contributed by atoms with Crippen LogP contribution in [0.2, 0.25) is 0 Å². The van der Waals surface area contributed by atoms with Crippen molar-refractivity contribution in [2.75, 3.05) is 0 Å². The fourth-order valence-electron chi connectivity index (χ4n) is 19.5. The molecule has 0 amide bonds. The molecule has 6 heterocycles. The van der Waals surface area contributed by atoms with Crippen molar-refractivity contribution in [1.82, 2.24) is 0 Å². The molecule has 0 unspecified atom stereocenters. The molecule has 0 fully saturated rings. The molecular weight excluding hydrogens is 1590 g/mol. The molecule has 6 aromatic carbocycles. The summed E-state index contributed by atoms with van der Waals surface area (Å²) in [5, 5.41) is 42.7. The predicted octanol–water partition coefficient (Wildman–Crippen LogP) is 31.4. The van der Waals surface area contributed by atoms with E-state index in [9.17, 15) is 21.0 Å². The highest BCUT2D eigenvalue weighted by Gasteiger charge is 2.57. The highest BCUT2D eigenvalue weighted by atomic mass is 32.1. The first-order chi connectivity index (χ1) is 58.8. The van der Waals surface area contributed by atoms with Crippen molar-refractivity contribution in [2.45, 2.75) is 245 Å². The number of unbranched alkanes of at least 4 members (excludes halogenated alkanes) is 18. The Bertz CT molecular complexity index is 5840. The first-order valence-electron chi connectivity index (χ1n) is 44.2. The second kappa shape index (κ2) is 37.0. The number of Topliss-reactive ketones (excluding diaryl/α,β-unsaturated/α-hetero) is 2. The molecule has 6 aromatic heterocycles. The van der Waals surface area contributed by atoms with E-state index in [2.05, 4.69) is 163 Å². The van der Waals surface area contributed by atoms with Crippen molar-refractivity contribution in [2.24, 2.45) is 0 Å². The number of benzene rings is 6. The van der Waals surface area contributed by atoms with Crippen LogP contribution >= 0.6 is 68.0 Å². The molecule has 0 atom stereocenters. The summed E-state index contributed by atoms with van der Waals surface area (Å²) in [5.74, 6) is -1.84. The number of hydrogen-bond acceptors (Lipinski definition) is 12. The van der Waals surface area contributed by atoms with Gasteiger partial charge in [0.25, 0.3) is 0 Å². The van der Waals surface area contributed by atoms with E-state index < -0.39 is 28.2 Å². The quantitative estimate of drug-likeness (QED) is 0.0218. The number of carbonyl (C=O) groups is 2. The lowest BCUT2D eigenvalue weighted by Gasteiger charge is -2.34. The maximum atomic E-state index is 15.5. The number of aryl methyl sites for hydroxylation is 6. The van der Waals surface area contributed by atoms with Gasteiger partial charge in [-0.15, -0.1) is 68.0 Å². The number of fused-ring (bicyclic) bond motifs is 15. The number of ketones is 2. The highest BCUT2D eigenvalue weighted by Crippen LogP contribution is 2.73. The van der Waals surface area contributed by atoms with Crippen LogP contribution in [-0.2, 0) is 49.4 Å². The van der Waals surface area contributed by atoms with Gasteiger partial charge < -0.3 is 0 Å². The molecule has 16 rings (SSSR count). The van der Waals surface area contributed by atoms with Gasteiger partial charge in [0, 0.05) is 74.8 Å². The zero-order chi connectivity index (χ0) is 83.3. The van der Waals surface area contributed by atoms with Crippen LogP contribution in [-0.4, -0.2) is 11.6 Å². The first-order valence-corrected chi connectivity index (χ1v) is 49.1. The van der Waals surface area contributed by atoms with Gasteiger partial charge >= 0.3 is 0 Å². The summed E-state index contributed by atoms with van der Waals surface area (Å²) in [6.07, 6.45) is 35.9. The Balaban J connectivity index is 1.02. The van der Waals surface area contributed by atoms with Crippen molar-refractivity contribution >= 4 is 131 Å². The molecule has 0 radical (unpaired) electrons. The maximum absolute atomic E-state index is 15.5. The van der Waals surface area contributed by atoms with Gasteiger partial charge in [0.1, 0.15) is 47.1 Å². The average Bonchev–Trinajstić information content (AvgIpc) is 1.47. The molecule has 608 valence electrons. The Morgan fingerprint density at radius 1 is 0.317 bits per heavy atom. The SMILES string of the molecule is CCCCCCc1ccc(C2(c3ccc(CCCCCC)cc3)c3c(sc4c(CCCCCC)c(/C=C5\C(=O)c6cc(F)ccc6C5=C(C#N)C#N)sc34)-c3sc4c5c(sc4c32)-c2sc3c(CCCCCC)c(/C=C4\C(=O)c6ccc(F)cc6C4=C(C#N)C#N)sc3c2C5(c2ccc(CCCCCC)cc2)c2ccc(CCCCCC)cc2)cc1. The summed E-state index contributed by atoms with van der Waals surface area (Å²) in [4.78, 5) is 37.0. The minimum absolute atomic E-state index is 0.151. The van der Waals surface area contributed by atoms with Gasteiger partial charge in [0.05, 0.1) is 49.1 Å². The predicted molar refractivity (Wildman–Crippen MR) is 502 cm³/mol. The number of thiophene rings is 6. The molecule has 0 spiro atoms. The molecule has 0 N–H and O–H groups in total. The van der Waals surface area contributed by atoms with E-state index in [0.717, 1.165) is 172 Å². The number of rotatable bonds is 36. The summed E-state index contributed by atoms with van der Waals surface area (Å²) < 4.78 is 38.1. The normalized spacial score (nSPS) is 14.6. The van der Waals surface area contributed by atoms with Gasteiger partial charge in [0.2, 0.25) is 0 Å². The van der Waals surface area contributed by atoms with Crippen molar-refractivity contribution in [3.8, 4) is 43.8 Å². The molecule has 4 aliphatic carbocycles. The zero-order valence-electron chi connectivity index (χ0n) is 69.9. The lowest BCUT2D eigenvalue weighted by Crippen LogP contribution is -2.29. The van der Waals surface area contributed by atoms with Gasteiger partial charge in [0.15, 0.2) is 11.6 Å². The van der Waals surface area contributed by atoms with Gasteiger partial charge in [-0.2, -0.15) is 21.0 Å². The number of hydrogen-bond donors (Lipinski definition) is 0. The second-order valence-electron chi connectivity index (χ2n) is 33.3. The molecule has 6 nitrogen and oxygen atoms in total. The van der Waals surface area contributed by atoms with E-state index in [1.807, 2.05) is 57.5 Å². The van der Waals surface area contributed by atoms with Crippen LogP contribution in [0.4, 0.5) is 8.78 Å². The summed E-state index contributed by atoms with van der Waals surface area (Å²) in [6.45, 7) is 13.5. The summed E-state index contributed by atoms with van der Waals surface area (Å²) in [6, 6.07) is 55.5. The minimum Gasteiger partial charge on any atom is -0.289 e. The molecular formula is C106H102F2N4O2S6. The van der Waals surface area contributed by atoms with Gasteiger partial charge in [-0.1, -0.05) is 260 Å². The van der Waals surface area contributed by atoms with Crippen molar-refractivity contribution in [1.29, 1.82) is 21.0 Å². The smallest absolute Gasteiger partial charge is 0.194 e. The zero-order valence-corrected chi connectivity index (χ0v) is 74.8. The molecule has 0 bridgehead atoms. The van der Waals surface area contributed by atoms with E-state index in [4.69, 9.17) is 0 Å². The molecule has 4 aliphatic rings. The van der Waals surface area contributed by atoms with Crippen molar-refractivity contribution in [3.05, 3.63) is 277 Å². The molecule has 120 heavy (non-hydrogen) atoms. The number of carbonyl (C=O) groups excluding carboxylic acids is 2. The van der Waals surface area contributed by atoms with Crippen LogP contribution in [0.25, 0.3) is 71.0 Å². The summed E-state index contributed by atoms with van der Waals surface area (Å²) in [7, 11) is 0. The number of nitriles is 4. The Labute approximate surface area is 730 Å². The second-order valence-corrected chi connectivity index (χ2v) is 39.5. The van der Waals surface area contributed by atoms with E-state index in [-0.39, 0.29) is 55.9 Å². The molecule has 0 saturated carbocycles. The number of nitrogens with zero attached hydrogens (tertiary/aromatic N) is 4. The first kappa shape index (κ1) is 84.0. The monoisotopic (exact) mass is 1690 g/mol. The molecule has 0 aliphatic heterocycles. The standard InChI is InChI=1S/C106H102F2N4O2S6/c1-7-13-19-25-31-65-37-45-71(46-38-65)105(72-47-39-66(40-48-72)32-26-20-14-8-2)89-97-95(79(35-29-23-17-11-5)85(115-97)59-83-87(69(61-109)62-110)77-55-53-76(108)58-82(77)94(83)114)117-99(89)101-91(105)103-104(119-101)92-102(120-103)100-90(106(92,73-49-41-67(42-50-73)33-27-21-15-9-3)74-51-43-68(44-52-74)34-28-22-16-10-4)98-96(118-100)80(36-30-24-18-12-6)86(116-98)60-84-88(70(63-111)64-112)81-57-75(107)54-56-78(81)93(84)113/h37-60H,7-36H2,1-6H3/b83-59-,84-60-. The number of allylic oxidation sites excluding steroid dienone is 6. The van der Waals surface area contributed by atoms with Crippen molar-refractivity contribution in [3.63, 3.8) is 0 Å². The minimum atomic E-state index is -0.895. The third-order valence-electron chi connectivity index (χ3n) is 25.6. The number of halogens is 2. The van der Waals surface area contributed by atoms with Gasteiger partial charge in [-0.3, -0.25) is 9.59 Å². The lowest BCUT2D eigenvalue weighted by molar-refractivity contribution is 0.103. The Hall–Kier alpha value is -9.58. The van der Waals surface area contributed by atoms with E-state index >= 15 is 18.4 Å². The van der Waals surface area contributed by atoms with Crippen LogP contribution in [0, 0.1) is 57.0 Å². The Kier molecular flexibility index (Phi) is 25.9. The molecule has 14 heteroatoms. The molecule has 0 saturated heterocycles.